The molecule has 2 aliphatic rings. The van der Waals surface area contributed by atoms with Crippen LogP contribution in [0, 0.1) is 5.82 Å². The number of alkyl halides is 3. The smallest absolute Gasteiger partial charge is 0.418 e. The Labute approximate surface area is 221 Å². The molecule has 8 nitrogen and oxygen atoms in total. The van der Waals surface area contributed by atoms with Gasteiger partial charge in [-0.05, 0) is 55.2 Å². The van der Waals surface area contributed by atoms with E-state index >= 15 is 0 Å². The third-order valence-corrected chi connectivity index (χ3v) is 6.94. The van der Waals surface area contributed by atoms with Crippen LogP contribution in [0.4, 0.5) is 28.0 Å². The topological polar surface area (TPSA) is 96.0 Å². The Morgan fingerprint density at radius 2 is 1.85 bits per heavy atom. The van der Waals surface area contributed by atoms with Gasteiger partial charge in [0.15, 0.2) is 0 Å². The van der Waals surface area contributed by atoms with Crippen LogP contribution in [-0.4, -0.2) is 52.4 Å². The molecule has 4 rings (SSSR count). The fourth-order valence-corrected chi connectivity index (χ4v) is 4.81. The fraction of sp³-hybridized carbons (Fsp3) is 0.407. The molecule has 1 heterocycles. The Bertz CT molecular complexity index is 1300. The van der Waals surface area contributed by atoms with Gasteiger partial charge in [-0.3, -0.25) is 14.4 Å². The molecule has 208 valence electrons. The van der Waals surface area contributed by atoms with Crippen LogP contribution in [0.5, 0.6) is 0 Å². The molecule has 0 aromatic heterocycles. The minimum absolute atomic E-state index is 0.0855. The number of halogens is 4. The van der Waals surface area contributed by atoms with Gasteiger partial charge in [-0.15, -0.1) is 0 Å². The van der Waals surface area contributed by atoms with Crippen LogP contribution in [0.25, 0.3) is 0 Å². The largest absolute Gasteiger partial charge is 0.427 e. The molecule has 1 spiro atoms. The maximum Gasteiger partial charge on any atom is 0.418 e. The normalized spacial score (nSPS) is 19.2. The zero-order valence-corrected chi connectivity index (χ0v) is 21.3. The predicted octanol–water partition coefficient (Wildman–Crippen LogP) is 4.66. The summed E-state index contributed by atoms with van der Waals surface area (Å²) in [5.74, 6) is -2.73. The van der Waals surface area contributed by atoms with Crippen molar-refractivity contribution in [3.8, 4) is 0 Å². The fourth-order valence-electron chi connectivity index (χ4n) is 4.81. The van der Waals surface area contributed by atoms with Crippen LogP contribution in [0.15, 0.2) is 42.5 Å². The highest BCUT2D eigenvalue weighted by molar-refractivity contribution is 6.06. The average molecular weight is 550 g/mol. The van der Waals surface area contributed by atoms with E-state index < -0.39 is 54.6 Å². The highest BCUT2D eigenvalue weighted by Gasteiger charge is 2.58. The molecule has 0 radical (unpaired) electrons. The van der Waals surface area contributed by atoms with Gasteiger partial charge in [0.1, 0.15) is 18.4 Å². The number of carbonyl (C=O) groups excluding carboxylic acids is 4. The Morgan fingerprint density at radius 3 is 2.49 bits per heavy atom. The first-order chi connectivity index (χ1) is 18.4. The van der Waals surface area contributed by atoms with Crippen LogP contribution in [0.2, 0.25) is 0 Å². The Hall–Kier alpha value is -3.96. The maximum atomic E-state index is 13.6. The number of ether oxygens (including phenoxy) is 1. The number of carbonyl (C=O) groups is 4. The summed E-state index contributed by atoms with van der Waals surface area (Å²) < 4.78 is 59.6. The number of amides is 4. The number of fused-ring (bicyclic) bond motifs is 2. The van der Waals surface area contributed by atoms with Gasteiger partial charge in [0, 0.05) is 30.6 Å². The molecule has 1 saturated heterocycles. The SMILES string of the molecule is CCCC(=O)Nc1ccc2c(c1)CC[C@@]21OC(=O)N(CC(=O)N(Cc2ccc(F)cc2)[C@H](C)C(F)(F)F)C1=O. The van der Waals surface area contributed by atoms with Crippen LogP contribution < -0.4 is 5.32 Å². The molecule has 4 amide bonds. The number of nitrogens with one attached hydrogen (secondary N) is 1. The molecular weight excluding hydrogens is 522 g/mol. The number of aryl methyl sites for hydroxylation is 1. The van der Waals surface area contributed by atoms with E-state index in [4.69, 9.17) is 4.74 Å². The van der Waals surface area contributed by atoms with E-state index in [9.17, 15) is 36.7 Å². The molecule has 1 aliphatic heterocycles. The molecule has 2 atom stereocenters. The predicted molar refractivity (Wildman–Crippen MR) is 131 cm³/mol. The molecule has 1 N–H and O–H groups in total. The third kappa shape index (κ3) is 5.59. The minimum atomic E-state index is -4.79. The van der Waals surface area contributed by atoms with E-state index in [0.29, 0.717) is 45.9 Å². The highest BCUT2D eigenvalue weighted by Crippen LogP contribution is 2.46. The number of nitrogens with zero attached hydrogens (tertiary/aromatic N) is 2. The highest BCUT2D eigenvalue weighted by atomic mass is 19.4. The van der Waals surface area contributed by atoms with Crippen molar-refractivity contribution in [2.75, 3.05) is 11.9 Å². The summed E-state index contributed by atoms with van der Waals surface area (Å²) >= 11 is 0. The van der Waals surface area contributed by atoms with E-state index in [-0.39, 0.29) is 17.9 Å². The molecule has 1 fully saturated rings. The van der Waals surface area contributed by atoms with Crippen LogP contribution in [0.3, 0.4) is 0 Å². The second-order valence-corrected chi connectivity index (χ2v) is 9.62. The van der Waals surface area contributed by atoms with Gasteiger partial charge in [-0.2, -0.15) is 13.2 Å². The monoisotopic (exact) mass is 549 g/mol. The van der Waals surface area contributed by atoms with Crippen molar-refractivity contribution in [2.45, 2.75) is 63.9 Å². The van der Waals surface area contributed by atoms with E-state index in [1.807, 2.05) is 6.92 Å². The van der Waals surface area contributed by atoms with Gasteiger partial charge in [0.05, 0.1) is 0 Å². The maximum absolute atomic E-state index is 13.6. The van der Waals surface area contributed by atoms with Gasteiger partial charge in [0.25, 0.3) is 5.91 Å². The van der Waals surface area contributed by atoms with Crippen molar-refractivity contribution in [2.24, 2.45) is 0 Å². The molecule has 12 heteroatoms. The second kappa shape index (κ2) is 10.7. The quantitative estimate of drug-likeness (QED) is 0.483. The Kier molecular flexibility index (Phi) is 7.67. The van der Waals surface area contributed by atoms with Crippen molar-refractivity contribution < 1.29 is 41.5 Å². The van der Waals surface area contributed by atoms with E-state index in [1.54, 1.807) is 18.2 Å². The number of hydrogen-bond donors (Lipinski definition) is 1. The average Bonchev–Trinajstić information content (AvgIpc) is 3.34. The summed E-state index contributed by atoms with van der Waals surface area (Å²) in [5.41, 5.74) is 0.124. The summed E-state index contributed by atoms with van der Waals surface area (Å²) in [6, 6.07) is 7.18. The molecule has 1 aliphatic carbocycles. The van der Waals surface area contributed by atoms with E-state index in [0.717, 1.165) is 19.1 Å². The van der Waals surface area contributed by atoms with Crippen molar-refractivity contribution in [3.63, 3.8) is 0 Å². The first-order valence-electron chi connectivity index (χ1n) is 12.4. The Morgan fingerprint density at radius 1 is 1.15 bits per heavy atom. The number of imide groups is 1. The lowest BCUT2D eigenvalue weighted by atomic mass is 9.94. The molecule has 0 saturated carbocycles. The third-order valence-electron chi connectivity index (χ3n) is 6.94. The molecular formula is C27H27F4N3O5. The summed E-state index contributed by atoms with van der Waals surface area (Å²) in [6.07, 6.45) is -4.49. The van der Waals surface area contributed by atoms with E-state index in [2.05, 4.69) is 5.32 Å². The lowest BCUT2D eigenvalue weighted by molar-refractivity contribution is -0.187. The molecule has 2 aromatic carbocycles. The lowest BCUT2D eigenvalue weighted by Crippen LogP contribution is -2.51. The van der Waals surface area contributed by atoms with Gasteiger partial charge in [-0.25, -0.2) is 14.1 Å². The van der Waals surface area contributed by atoms with Crippen LogP contribution in [-0.2, 0) is 37.7 Å². The van der Waals surface area contributed by atoms with Crippen LogP contribution >= 0.6 is 0 Å². The molecule has 0 unspecified atom stereocenters. The standard InChI is InChI=1S/C27H27F4N3O5/c1-3-4-22(35)32-20-9-10-21-18(13-20)11-12-26(21)24(37)34(25(38)39-26)15-23(36)33(16(2)27(29,30)31)14-17-5-7-19(28)8-6-17/h5-10,13,16H,3-4,11-12,14-15H2,1-2H3,(H,32,35)/t16-,26-/m1/s1. The first kappa shape index (κ1) is 28.1. The minimum Gasteiger partial charge on any atom is -0.427 e. The van der Waals surface area contributed by atoms with Gasteiger partial charge < -0.3 is 15.0 Å². The summed E-state index contributed by atoms with van der Waals surface area (Å²) in [6.45, 7) is 1.18. The zero-order chi connectivity index (χ0) is 28.5. The first-order valence-corrected chi connectivity index (χ1v) is 12.4. The second-order valence-electron chi connectivity index (χ2n) is 9.62. The number of hydrogen-bond acceptors (Lipinski definition) is 5. The number of benzene rings is 2. The molecule has 39 heavy (non-hydrogen) atoms. The molecule has 2 aromatic rings. The number of rotatable bonds is 8. The Balaban J connectivity index is 1.55. The van der Waals surface area contributed by atoms with Crippen molar-refractivity contribution in [1.82, 2.24) is 9.80 Å². The van der Waals surface area contributed by atoms with Crippen molar-refractivity contribution in [1.29, 1.82) is 0 Å². The summed E-state index contributed by atoms with van der Waals surface area (Å²) in [4.78, 5) is 52.3. The lowest BCUT2D eigenvalue weighted by Gasteiger charge is -2.31. The van der Waals surface area contributed by atoms with E-state index in [1.165, 1.54) is 12.1 Å². The van der Waals surface area contributed by atoms with Gasteiger partial charge in [-0.1, -0.05) is 25.1 Å². The number of anilines is 1. The van der Waals surface area contributed by atoms with Crippen molar-refractivity contribution in [3.05, 3.63) is 65.0 Å². The van der Waals surface area contributed by atoms with Gasteiger partial charge in [0.2, 0.25) is 17.4 Å². The zero-order valence-electron chi connectivity index (χ0n) is 21.3. The summed E-state index contributed by atoms with van der Waals surface area (Å²) in [7, 11) is 0. The van der Waals surface area contributed by atoms with Gasteiger partial charge >= 0.3 is 12.3 Å². The van der Waals surface area contributed by atoms with Crippen LogP contribution in [0.1, 0.15) is 49.8 Å². The van der Waals surface area contributed by atoms with Crippen molar-refractivity contribution >= 4 is 29.5 Å². The summed E-state index contributed by atoms with van der Waals surface area (Å²) in [5, 5.41) is 2.76. The molecule has 0 bridgehead atoms.